The number of nitrogens with one attached hydrogen (secondary N) is 1. The minimum Gasteiger partial charge on any atom is -0.361 e. The lowest BCUT2D eigenvalue weighted by Crippen LogP contribution is -2.06. The highest BCUT2D eigenvalue weighted by Crippen LogP contribution is 2.26. The van der Waals surface area contributed by atoms with Gasteiger partial charge < -0.3 is 10.7 Å². The fraction of sp³-hybridized carbons (Fsp3) is 0.200. The molecule has 0 spiro atoms. The lowest BCUT2D eigenvalue weighted by atomic mass is 10.1. The van der Waals surface area contributed by atoms with Crippen molar-refractivity contribution in [3.63, 3.8) is 0 Å². The summed E-state index contributed by atoms with van der Waals surface area (Å²) in [5.41, 5.74) is 7.89. The zero-order chi connectivity index (χ0) is 9.26. The van der Waals surface area contributed by atoms with Crippen molar-refractivity contribution in [1.82, 2.24) is 4.98 Å². The Morgan fingerprint density at radius 3 is 2.92 bits per heavy atom. The summed E-state index contributed by atoms with van der Waals surface area (Å²) >= 11 is 4.42. The van der Waals surface area contributed by atoms with Crippen LogP contribution in [0.5, 0.6) is 0 Å². The Morgan fingerprint density at radius 2 is 2.15 bits per heavy atom. The molecule has 0 amide bonds. The third kappa shape index (κ3) is 1.45. The van der Waals surface area contributed by atoms with E-state index in [-0.39, 0.29) is 5.25 Å². The first kappa shape index (κ1) is 8.66. The highest BCUT2D eigenvalue weighted by atomic mass is 32.1. The van der Waals surface area contributed by atoms with Gasteiger partial charge in [0.25, 0.3) is 0 Å². The number of rotatable bonds is 2. The monoisotopic (exact) mass is 192 g/mol. The van der Waals surface area contributed by atoms with Gasteiger partial charge in [-0.15, -0.1) is 0 Å². The van der Waals surface area contributed by atoms with Crippen molar-refractivity contribution in [2.24, 2.45) is 5.73 Å². The molecule has 0 radical (unpaired) electrons. The maximum absolute atomic E-state index is 5.56. The minimum absolute atomic E-state index is 0.121. The molecule has 68 valence electrons. The van der Waals surface area contributed by atoms with Crippen molar-refractivity contribution < 1.29 is 0 Å². The molecule has 1 heterocycles. The molecule has 0 aliphatic carbocycles. The molecule has 0 saturated heterocycles. The third-order valence-corrected chi connectivity index (χ3v) is 2.69. The lowest BCUT2D eigenvalue weighted by Gasteiger charge is -2.04. The van der Waals surface area contributed by atoms with Gasteiger partial charge in [-0.25, -0.2) is 0 Å². The molecule has 0 fully saturated rings. The quantitative estimate of drug-likeness (QED) is 0.627. The molecular weight excluding hydrogens is 180 g/mol. The SMILES string of the molecule is NCC(S)c1c[nH]c2ccccc12. The van der Waals surface area contributed by atoms with Crippen LogP contribution < -0.4 is 5.73 Å². The van der Waals surface area contributed by atoms with Crippen LogP contribution in [0.4, 0.5) is 0 Å². The standard InChI is InChI=1S/C10H12N2S/c11-5-10(13)8-6-12-9-4-2-1-3-7(8)9/h1-4,6,10,12-13H,5,11H2. The molecule has 1 aromatic heterocycles. The van der Waals surface area contributed by atoms with Gasteiger partial charge in [-0.3, -0.25) is 0 Å². The normalized spacial score (nSPS) is 13.4. The van der Waals surface area contributed by atoms with Gasteiger partial charge in [0.2, 0.25) is 0 Å². The summed E-state index contributed by atoms with van der Waals surface area (Å²) in [5.74, 6) is 0. The zero-order valence-corrected chi connectivity index (χ0v) is 8.09. The van der Waals surface area contributed by atoms with Crippen molar-refractivity contribution in [1.29, 1.82) is 0 Å². The molecule has 1 atom stereocenters. The summed E-state index contributed by atoms with van der Waals surface area (Å²) in [6.45, 7) is 0.560. The second kappa shape index (κ2) is 3.44. The molecule has 2 aromatic rings. The Balaban J connectivity index is 2.57. The van der Waals surface area contributed by atoms with E-state index in [1.165, 1.54) is 10.9 Å². The third-order valence-electron chi connectivity index (χ3n) is 2.20. The number of benzene rings is 1. The van der Waals surface area contributed by atoms with Crippen LogP contribution in [0.3, 0.4) is 0 Å². The maximum atomic E-state index is 5.56. The first-order valence-electron chi connectivity index (χ1n) is 4.27. The highest BCUT2D eigenvalue weighted by Gasteiger charge is 2.09. The van der Waals surface area contributed by atoms with E-state index in [4.69, 9.17) is 5.73 Å². The van der Waals surface area contributed by atoms with E-state index in [0.717, 1.165) is 5.52 Å². The number of hydrogen-bond acceptors (Lipinski definition) is 2. The zero-order valence-electron chi connectivity index (χ0n) is 7.20. The predicted molar refractivity (Wildman–Crippen MR) is 59.1 cm³/mol. The van der Waals surface area contributed by atoms with Crippen LogP contribution in [-0.4, -0.2) is 11.5 Å². The number of fused-ring (bicyclic) bond motifs is 1. The highest BCUT2D eigenvalue weighted by molar-refractivity contribution is 7.80. The number of nitrogens with two attached hydrogens (primary N) is 1. The largest absolute Gasteiger partial charge is 0.361 e. The van der Waals surface area contributed by atoms with Gasteiger partial charge in [-0.05, 0) is 11.6 Å². The average molecular weight is 192 g/mol. The first-order valence-corrected chi connectivity index (χ1v) is 4.78. The first-order chi connectivity index (χ1) is 6.33. The van der Waals surface area contributed by atoms with E-state index in [0.29, 0.717) is 6.54 Å². The Hall–Kier alpha value is -0.930. The lowest BCUT2D eigenvalue weighted by molar-refractivity contribution is 0.957. The van der Waals surface area contributed by atoms with Gasteiger partial charge in [-0.1, -0.05) is 18.2 Å². The molecule has 1 unspecified atom stereocenters. The van der Waals surface area contributed by atoms with E-state index in [2.05, 4.69) is 29.7 Å². The second-order valence-electron chi connectivity index (χ2n) is 3.04. The molecule has 3 N–H and O–H groups in total. The van der Waals surface area contributed by atoms with Crippen LogP contribution in [0.15, 0.2) is 30.5 Å². The van der Waals surface area contributed by atoms with Gasteiger partial charge >= 0.3 is 0 Å². The maximum Gasteiger partial charge on any atom is 0.0457 e. The molecule has 0 aliphatic rings. The molecule has 2 nitrogen and oxygen atoms in total. The van der Waals surface area contributed by atoms with Crippen molar-refractivity contribution in [3.8, 4) is 0 Å². The average Bonchev–Trinajstić information content (AvgIpc) is 2.60. The number of aromatic amines is 1. The van der Waals surface area contributed by atoms with E-state index in [1.807, 2.05) is 18.3 Å². The topological polar surface area (TPSA) is 41.8 Å². The van der Waals surface area contributed by atoms with Crippen LogP contribution in [0.1, 0.15) is 10.8 Å². The molecule has 0 bridgehead atoms. The van der Waals surface area contributed by atoms with Crippen LogP contribution in [-0.2, 0) is 0 Å². The molecule has 2 rings (SSSR count). The predicted octanol–water partition coefficient (Wildman–Crippen LogP) is 2.10. The smallest absolute Gasteiger partial charge is 0.0457 e. The second-order valence-corrected chi connectivity index (χ2v) is 3.66. The summed E-state index contributed by atoms with van der Waals surface area (Å²) < 4.78 is 0. The molecular formula is C10H12N2S. The van der Waals surface area contributed by atoms with Gasteiger partial charge in [0.05, 0.1) is 0 Å². The summed E-state index contributed by atoms with van der Waals surface area (Å²) in [4.78, 5) is 3.20. The summed E-state index contributed by atoms with van der Waals surface area (Å²) in [7, 11) is 0. The molecule has 3 heteroatoms. The Bertz CT molecular complexity index is 408. The van der Waals surface area contributed by atoms with E-state index < -0.39 is 0 Å². The van der Waals surface area contributed by atoms with Crippen LogP contribution in [0, 0.1) is 0 Å². The van der Waals surface area contributed by atoms with Crippen molar-refractivity contribution in [2.75, 3.05) is 6.54 Å². The molecule has 0 aliphatic heterocycles. The fourth-order valence-corrected chi connectivity index (χ4v) is 1.71. The van der Waals surface area contributed by atoms with Crippen LogP contribution in [0.2, 0.25) is 0 Å². The summed E-state index contributed by atoms with van der Waals surface area (Å²) in [5, 5.41) is 1.34. The Kier molecular flexibility index (Phi) is 2.29. The van der Waals surface area contributed by atoms with Gasteiger partial charge in [0.1, 0.15) is 0 Å². The number of para-hydroxylation sites is 1. The number of hydrogen-bond donors (Lipinski definition) is 3. The van der Waals surface area contributed by atoms with E-state index in [9.17, 15) is 0 Å². The van der Waals surface area contributed by atoms with Gasteiger partial charge in [-0.2, -0.15) is 12.6 Å². The number of thiol groups is 1. The van der Waals surface area contributed by atoms with Crippen molar-refractivity contribution >= 4 is 23.5 Å². The number of aromatic nitrogens is 1. The molecule has 13 heavy (non-hydrogen) atoms. The summed E-state index contributed by atoms with van der Waals surface area (Å²) in [6, 6.07) is 8.17. The van der Waals surface area contributed by atoms with Crippen molar-refractivity contribution in [3.05, 3.63) is 36.0 Å². The molecule has 1 aromatic carbocycles. The van der Waals surface area contributed by atoms with Crippen molar-refractivity contribution in [2.45, 2.75) is 5.25 Å². The minimum atomic E-state index is 0.121. The fourth-order valence-electron chi connectivity index (χ4n) is 1.50. The van der Waals surface area contributed by atoms with Crippen LogP contribution in [0.25, 0.3) is 10.9 Å². The van der Waals surface area contributed by atoms with Gasteiger partial charge in [0.15, 0.2) is 0 Å². The Morgan fingerprint density at radius 1 is 1.38 bits per heavy atom. The molecule has 0 saturated carbocycles. The Labute approximate surface area is 82.5 Å². The van der Waals surface area contributed by atoms with E-state index in [1.54, 1.807) is 0 Å². The van der Waals surface area contributed by atoms with E-state index >= 15 is 0 Å². The summed E-state index contributed by atoms with van der Waals surface area (Å²) in [6.07, 6.45) is 1.98. The van der Waals surface area contributed by atoms with Gasteiger partial charge in [0, 0.05) is 28.9 Å². The van der Waals surface area contributed by atoms with Crippen LogP contribution >= 0.6 is 12.6 Å². The number of H-pyrrole nitrogens is 1.